The monoisotopic (exact) mass is 1070 g/mol. The molecule has 8 aromatic carbocycles. The Balaban J connectivity index is 1.13. The fourth-order valence-corrected chi connectivity index (χ4v) is 11.4. The molecule has 11 rings (SSSR count). The number of hydrogen-bond donors (Lipinski definition) is 0. The third-order valence-corrected chi connectivity index (χ3v) is 15.8. The van der Waals surface area contributed by atoms with E-state index in [0.717, 1.165) is 83.5 Å². The summed E-state index contributed by atoms with van der Waals surface area (Å²) < 4.78 is 89.1. The van der Waals surface area contributed by atoms with Crippen LogP contribution in [0.3, 0.4) is 0 Å². The molecule has 2 aromatic heterocycles. The minimum absolute atomic E-state index is 0.0762. The largest absolute Gasteiger partial charge is 0.457 e. The van der Waals surface area contributed by atoms with E-state index in [-0.39, 0.29) is 29.5 Å². The normalized spacial score (nSPS) is 12.9. The summed E-state index contributed by atoms with van der Waals surface area (Å²) in [4.78, 5) is 8.96. The summed E-state index contributed by atoms with van der Waals surface area (Å²) in [6.45, 7) is 25.2. The Morgan fingerprint density at radius 3 is 1.71 bits per heavy atom. The highest BCUT2D eigenvalue weighted by Crippen LogP contribution is 2.54. The fraction of sp³-hybridized carbons (Fsp3) is 0.243. The average molecular weight is 1070 g/mol. The van der Waals surface area contributed by atoms with Gasteiger partial charge in [-0.05, 0) is 153 Å². The van der Waals surface area contributed by atoms with Gasteiger partial charge in [-0.2, -0.15) is 0 Å². The minimum Gasteiger partial charge on any atom is -0.457 e. The van der Waals surface area contributed by atoms with E-state index in [2.05, 4.69) is 145 Å². The summed E-state index contributed by atoms with van der Waals surface area (Å²) in [6, 6.07) is 48.7. The number of pyridine rings is 1. The van der Waals surface area contributed by atoms with Gasteiger partial charge in [0.2, 0.25) is 5.82 Å². The lowest BCUT2D eigenvalue weighted by Crippen LogP contribution is -2.25. The molecule has 0 aliphatic carbocycles. The molecule has 0 fully saturated rings. The third-order valence-electron chi connectivity index (χ3n) is 15.8. The van der Waals surface area contributed by atoms with Crippen LogP contribution in [0.2, 0.25) is 0 Å². The van der Waals surface area contributed by atoms with Crippen LogP contribution in [0.25, 0.3) is 61.0 Å². The molecular formula is C70H65F5N4O. The molecule has 1 aliphatic heterocycles. The maximum absolute atomic E-state index is 16.7. The summed E-state index contributed by atoms with van der Waals surface area (Å²) in [6.07, 6.45) is 1.86. The second kappa shape index (κ2) is 20.1. The zero-order chi connectivity index (χ0) is 56.9. The van der Waals surface area contributed by atoms with Gasteiger partial charge >= 0.3 is 0 Å². The SMILES string of the molecule is Cc1cccc(C)c1-c1cc(Oc2ccc3c4ccccc4n(-c4cc(C(C)(C)C)ccn4)c3c2)cc(N2CN(c3c(-c4cc(C(C)C)cc(C(C)C)c4)cc(C(C)(C)C)cc3-c3c(F)c(F)c(F)c(F)c3F)c3ccccc32)c1. The molecule has 10 heteroatoms. The van der Waals surface area contributed by atoms with Gasteiger partial charge in [0.25, 0.3) is 0 Å². The summed E-state index contributed by atoms with van der Waals surface area (Å²) in [5, 5.41) is 2.13. The Bertz CT molecular complexity index is 4030. The topological polar surface area (TPSA) is 33.5 Å². The van der Waals surface area contributed by atoms with Crippen LogP contribution in [0, 0.1) is 42.9 Å². The molecule has 0 unspecified atom stereocenters. The van der Waals surface area contributed by atoms with E-state index in [1.54, 1.807) is 6.07 Å². The van der Waals surface area contributed by atoms with Gasteiger partial charge < -0.3 is 14.5 Å². The number of benzene rings is 8. The third kappa shape index (κ3) is 9.46. The number of aryl methyl sites for hydroxylation is 2. The average Bonchev–Trinajstić information content (AvgIpc) is 3.97. The second-order valence-electron chi connectivity index (χ2n) is 24.1. The Labute approximate surface area is 465 Å². The lowest BCUT2D eigenvalue weighted by Gasteiger charge is -2.31. The van der Waals surface area contributed by atoms with Crippen molar-refractivity contribution < 1.29 is 26.7 Å². The number of para-hydroxylation sites is 3. The van der Waals surface area contributed by atoms with Gasteiger partial charge in [-0.15, -0.1) is 0 Å². The molecule has 80 heavy (non-hydrogen) atoms. The van der Waals surface area contributed by atoms with E-state index in [1.807, 2.05) is 98.6 Å². The lowest BCUT2D eigenvalue weighted by molar-refractivity contribution is 0.381. The van der Waals surface area contributed by atoms with Crippen LogP contribution >= 0.6 is 0 Å². The van der Waals surface area contributed by atoms with Gasteiger partial charge in [0.05, 0.1) is 33.7 Å². The number of rotatable bonds is 10. The maximum atomic E-state index is 16.7. The van der Waals surface area contributed by atoms with Crippen molar-refractivity contribution in [3.63, 3.8) is 0 Å². The molecular weight excluding hydrogens is 1010 g/mol. The molecule has 1 aliphatic rings. The first kappa shape index (κ1) is 53.7. The number of halogens is 5. The Morgan fingerprint density at radius 1 is 0.487 bits per heavy atom. The van der Waals surface area contributed by atoms with E-state index >= 15 is 22.0 Å². The zero-order valence-corrected chi connectivity index (χ0v) is 47.4. The number of anilines is 4. The summed E-state index contributed by atoms with van der Waals surface area (Å²) >= 11 is 0. The Hall–Kier alpha value is -8.24. The maximum Gasteiger partial charge on any atom is 0.200 e. The predicted octanol–water partition coefficient (Wildman–Crippen LogP) is 20.4. The van der Waals surface area contributed by atoms with E-state index in [0.29, 0.717) is 34.0 Å². The van der Waals surface area contributed by atoms with Crippen LogP contribution in [0.15, 0.2) is 152 Å². The molecule has 5 nitrogen and oxygen atoms in total. The van der Waals surface area contributed by atoms with Crippen molar-refractivity contribution >= 4 is 44.6 Å². The zero-order valence-electron chi connectivity index (χ0n) is 47.4. The molecule has 0 bridgehead atoms. The minimum atomic E-state index is -2.21. The number of aromatic nitrogens is 2. The van der Waals surface area contributed by atoms with Crippen molar-refractivity contribution in [2.24, 2.45) is 0 Å². The fourth-order valence-electron chi connectivity index (χ4n) is 11.4. The van der Waals surface area contributed by atoms with Crippen LogP contribution < -0.4 is 14.5 Å². The molecule has 0 amide bonds. The van der Waals surface area contributed by atoms with Gasteiger partial charge in [0.15, 0.2) is 23.3 Å². The summed E-state index contributed by atoms with van der Waals surface area (Å²) in [5.74, 6) is -7.89. The molecule has 0 atom stereocenters. The summed E-state index contributed by atoms with van der Waals surface area (Å²) in [5.41, 5.74) is 11.8. The molecule has 0 radical (unpaired) electrons. The Morgan fingerprint density at radius 2 is 1.07 bits per heavy atom. The number of hydrogen-bond acceptors (Lipinski definition) is 4. The van der Waals surface area contributed by atoms with Crippen molar-refractivity contribution in [3.8, 4) is 50.7 Å². The van der Waals surface area contributed by atoms with E-state index < -0.39 is 40.1 Å². The van der Waals surface area contributed by atoms with Gasteiger partial charge in [0, 0.05) is 45.9 Å². The van der Waals surface area contributed by atoms with Crippen LogP contribution in [-0.2, 0) is 10.8 Å². The lowest BCUT2D eigenvalue weighted by atomic mass is 9.81. The van der Waals surface area contributed by atoms with Crippen LogP contribution in [-0.4, -0.2) is 16.2 Å². The van der Waals surface area contributed by atoms with Crippen LogP contribution in [0.5, 0.6) is 11.5 Å². The number of ether oxygens (including phenoxy) is 1. The standard InChI is InChI=1S/C70H65F5N4O/c1-39(2)43-28-44(40(3)4)30-45(29-43)54-33-48(70(10,11)12)34-55(62-63(71)65(73)67(75)66(74)64(62)72)68(54)78-38-77(57-22-15-16-23-58(57)78)49-31-46(61-41(5)18-17-19-42(61)6)32-51(36-49)80-50-24-25-53-52-20-13-14-21-56(52)79(59(53)37-50)60-35-47(26-27-76-60)69(7,8)9/h13-37,39-40H,38H2,1-12H3. The molecule has 0 N–H and O–H groups in total. The van der Waals surface area contributed by atoms with E-state index in [1.165, 1.54) is 0 Å². The molecule has 0 saturated heterocycles. The van der Waals surface area contributed by atoms with Crippen molar-refractivity contribution in [2.45, 2.75) is 106 Å². The number of fused-ring (bicyclic) bond motifs is 4. The van der Waals surface area contributed by atoms with Gasteiger partial charge in [-0.25, -0.2) is 26.9 Å². The van der Waals surface area contributed by atoms with Gasteiger partial charge in [-0.3, -0.25) is 4.57 Å². The van der Waals surface area contributed by atoms with Crippen LogP contribution in [0.4, 0.5) is 44.7 Å². The quantitative estimate of drug-likeness (QED) is 0.0776. The van der Waals surface area contributed by atoms with E-state index in [9.17, 15) is 0 Å². The molecule has 3 heterocycles. The van der Waals surface area contributed by atoms with E-state index in [4.69, 9.17) is 9.72 Å². The summed E-state index contributed by atoms with van der Waals surface area (Å²) in [7, 11) is 0. The predicted molar refractivity (Wildman–Crippen MR) is 318 cm³/mol. The van der Waals surface area contributed by atoms with Crippen molar-refractivity contribution in [3.05, 3.63) is 214 Å². The second-order valence-corrected chi connectivity index (χ2v) is 24.1. The number of nitrogens with zero attached hydrogens (tertiary/aromatic N) is 4. The first-order valence-corrected chi connectivity index (χ1v) is 27.4. The highest BCUT2D eigenvalue weighted by atomic mass is 19.2. The molecule has 0 saturated carbocycles. The molecule has 10 aromatic rings. The van der Waals surface area contributed by atoms with Gasteiger partial charge in [-0.1, -0.05) is 136 Å². The van der Waals surface area contributed by atoms with Crippen molar-refractivity contribution in [2.75, 3.05) is 16.5 Å². The molecule has 406 valence electrons. The molecule has 0 spiro atoms. The Kier molecular flexibility index (Phi) is 13.5. The van der Waals surface area contributed by atoms with Crippen molar-refractivity contribution in [1.82, 2.24) is 9.55 Å². The highest BCUT2D eigenvalue weighted by Gasteiger charge is 2.37. The first-order chi connectivity index (χ1) is 38.0. The van der Waals surface area contributed by atoms with Gasteiger partial charge in [0.1, 0.15) is 24.0 Å². The van der Waals surface area contributed by atoms with Crippen molar-refractivity contribution in [1.29, 1.82) is 0 Å². The highest BCUT2D eigenvalue weighted by molar-refractivity contribution is 6.09. The first-order valence-electron chi connectivity index (χ1n) is 27.4. The van der Waals surface area contributed by atoms with Crippen LogP contribution in [0.1, 0.15) is 114 Å². The smallest absolute Gasteiger partial charge is 0.200 e.